The summed E-state index contributed by atoms with van der Waals surface area (Å²) in [5.41, 5.74) is 0.767. The Morgan fingerprint density at radius 1 is 1.30 bits per heavy atom. The molecule has 20 heavy (non-hydrogen) atoms. The molecule has 1 heterocycles. The van der Waals surface area contributed by atoms with Crippen molar-refractivity contribution in [2.24, 2.45) is 5.41 Å². The van der Waals surface area contributed by atoms with Crippen molar-refractivity contribution in [1.82, 2.24) is 4.90 Å². The standard InChI is InChI=1S/C16H22ClNO2/c1-3-20-15(19)16(8-10-18(2)11-9-16)12-13-4-6-14(17)7-5-13/h4-7H,3,8-12H2,1-2H3. The molecule has 1 saturated heterocycles. The zero-order valence-electron chi connectivity index (χ0n) is 12.2. The van der Waals surface area contributed by atoms with Crippen LogP contribution in [0.5, 0.6) is 0 Å². The Morgan fingerprint density at radius 2 is 1.90 bits per heavy atom. The van der Waals surface area contributed by atoms with Gasteiger partial charge in [-0.2, -0.15) is 0 Å². The summed E-state index contributed by atoms with van der Waals surface area (Å²) < 4.78 is 5.33. The molecule has 0 spiro atoms. The normalized spacial score (nSPS) is 18.8. The van der Waals surface area contributed by atoms with Gasteiger partial charge in [-0.25, -0.2) is 0 Å². The molecule has 2 rings (SSSR count). The van der Waals surface area contributed by atoms with Gasteiger partial charge in [0.25, 0.3) is 0 Å². The zero-order valence-corrected chi connectivity index (χ0v) is 12.9. The van der Waals surface area contributed by atoms with Crippen LogP contribution in [-0.2, 0) is 16.0 Å². The molecule has 1 aromatic carbocycles. The minimum atomic E-state index is -0.379. The van der Waals surface area contributed by atoms with Gasteiger partial charge in [-0.05, 0) is 64.0 Å². The lowest BCUT2D eigenvalue weighted by atomic mass is 9.74. The van der Waals surface area contributed by atoms with Gasteiger partial charge in [0, 0.05) is 5.02 Å². The quantitative estimate of drug-likeness (QED) is 0.799. The highest BCUT2D eigenvalue weighted by molar-refractivity contribution is 6.30. The molecule has 0 unspecified atom stereocenters. The number of carbonyl (C=O) groups excluding carboxylic acids is 1. The molecule has 3 nitrogen and oxygen atoms in total. The van der Waals surface area contributed by atoms with E-state index in [1.165, 1.54) is 0 Å². The van der Waals surface area contributed by atoms with Crippen LogP contribution in [0, 0.1) is 5.41 Å². The molecule has 1 aliphatic heterocycles. The van der Waals surface area contributed by atoms with Crippen molar-refractivity contribution in [2.45, 2.75) is 26.2 Å². The highest BCUT2D eigenvalue weighted by Gasteiger charge is 2.42. The second kappa shape index (κ2) is 6.59. The molecule has 0 atom stereocenters. The third-order valence-electron chi connectivity index (χ3n) is 4.11. The highest BCUT2D eigenvalue weighted by atomic mass is 35.5. The molecule has 0 amide bonds. The van der Waals surface area contributed by atoms with Crippen LogP contribution in [0.15, 0.2) is 24.3 Å². The predicted molar refractivity (Wildman–Crippen MR) is 81.0 cm³/mol. The third-order valence-corrected chi connectivity index (χ3v) is 4.36. The molecule has 0 saturated carbocycles. The number of ether oxygens (including phenoxy) is 1. The Labute approximate surface area is 125 Å². The van der Waals surface area contributed by atoms with Crippen LogP contribution in [0.25, 0.3) is 0 Å². The molecule has 1 aromatic rings. The fraction of sp³-hybridized carbons (Fsp3) is 0.562. The summed E-state index contributed by atoms with van der Waals surface area (Å²) in [5.74, 6) is -0.0527. The lowest BCUT2D eigenvalue weighted by Gasteiger charge is -2.38. The summed E-state index contributed by atoms with van der Waals surface area (Å²) in [6, 6.07) is 7.76. The van der Waals surface area contributed by atoms with Crippen molar-refractivity contribution < 1.29 is 9.53 Å². The number of halogens is 1. The molecule has 1 fully saturated rings. The maximum absolute atomic E-state index is 12.4. The van der Waals surface area contributed by atoms with Gasteiger partial charge in [-0.15, -0.1) is 0 Å². The summed E-state index contributed by atoms with van der Waals surface area (Å²) in [7, 11) is 2.09. The number of benzene rings is 1. The first kappa shape index (κ1) is 15.3. The number of piperidine rings is 1. The van der Waals surface area contributed by atoms with Crippen molar-refractivity contribution in [1.29, 1.82) is 0 Å². The van der Waals surface area contributed by atoms with Gasteiger partial charge in [0.05, 0.1) is 12.0 Å². The number of nitrogens with zero attached hydrogens (tertiary/aromatic N) is 1. The number of esters is 1. The molecule has 0 aromatic heterocycles. The summed E-state index contributed by atoms with van der Waals surface area (Å²) >= 11 is 5.92. The molecule has 1 aliphatic rings. The molecule has 0 bridgehead atoms. The van der Waals surface area contributed by atoms with E-state index in [2.05, 4.69) is 11.9 Å². The van der Waals surface area contributed by atoms with Gasteiger partial charge >= 0.3 is 5.97 Å². The van der Waals surface area contributed by atoms with Crippen molar-refractivity contribution in [3.8, 4) is 0 Å². The molecule has 0 N–H and O–H groups in total. The number of rotatable bonds is 4. The topological polar surface area (TPSA) is 29.5 Å². The van der Waals surface area contributed by atoms with E-state index in [0.29, 0.717) is 6.61 Å². The number of hydrogen-bond donors (Lipinski definition) is 0. The van der Waals surface area contributed by atoms with Gasteiger partial charge in [-0.3, -0.25) is 4.79 Å². The largest absolute Gasteiger partial charge is 0.466 e. The summed E-state index contributed by atoms with van der Waals surface area (Å²) in [5, 5.41) is 0.724. The minimum Gasteiger partial charge on any atom is -0.466 e. The van der Waals surface area contributed by atoms with Crippen LogP contribution in [0.3, 0.4) is 0 Å². The predicted octanol–water partition coefficient (Wildman–Crippen LogP) is 3.16. The van der Waals surface area contributed by atoms with Crippen LogP contribution in [0.4, 0.5) is 0 Å². The molecule has 4 heteroatoms. The SMILES string of the molecule is CCOC(=O)C1(Cc2ccc(Cl)cc2)CCN(C)CC1. The second-order valence-electron chi connectivity index (χ2n) is 5.61. The first-order chi connectivity index (χ1) is 9.55. The fourth-order valence-corrected chi connectivity index (χ4v) is 2.90. The van der Waals surface area contributed by atoms with E-state index in [-0.39, 0.29) is 11.4 Å². The first-order valence-corrected chi connectivity index (χ1v) is 7.54. The molecule has 0 radical (unpaired) electrons. The van der Waals surface area contributed by atoms with Crippen molar-refractivity contribution in [3.63, 3.8) is 0 Å². The maximum Gasteiger partial charge on any atom is 0.312 e. The average molecular weight is 296 g/mol. The first-order valence-electron chi connectivity index (χ1n) is 7.16. The summed E-state index contributed by atoms with van der Waals surface area (Å²) in [6.07, 6.45) is 2.44. The Hall–Kier alpha value is -1.06. The van der Waals surface area contributed by atoms with Crippen LogP contribution in [-0.4, -0.2) is 37.6 Å². The molecular formula is C16H22ClNO2. The highest BCUT2D eigenvalue weighted by Crippen LogP contribution is 2.36. The fourth-order valence-electron chi connectivity index (χ4n) is 2.78. The monoisotopic (exact) mass is 295 g/mol. The van der Waals surface area contributed by atoms with E-state index in [1.807, 2.05) is 31.2 Å². The number of likely N-dealkylation sites (tertiary alicyclic amines) is 1. The van der Waals surface area contributed by atoms with Crippen molar-refractivity contribution in [3.05, 3.63) is 34.9 Å². The molecule has 110 valence electrons. The lowest BCUT2D eigenvalue weighted by Crippen LogP contribution is -2.45. The van der Waals surface area contributed by atoms with Gasteiger partial charge in [-0.1, -0.05) is 23.7 Å². The van der Waals surface area contributed by atoms with E-state index >= 15 is 0 Å². The zero-order chi connectivity index (χ0) is 14.6. The molecule has 0 aliphatic carbocycles. The van der Waals surface area contributed by atoms with E-state index in [9.17, 15) is 4.79 Å². The van der Waals surface area contributed by atoms with Gasteiger partial charge in [0.15, 0.2) is 0 Å². The Kier molecular flexibility index (Phi) is 5.06. The van der Waals surface area contributed by atoms with Gasteiger partial charge in [0.1, 0.15) is 0 Å². The summed E-state index contributed by atoms with van der Waals surface area (Å²) in [6.45, 7) is 4.18. The average Bonchev–Trinajstić information content (AvgIpc) is 2.44. The van der Waals surface area contributed by atoms with Gasteiger partial charge < -0.3 is 9.64 Å². The van der Waals surface area contributed by atoms with Crippen LogP contribution >= 0.6 is 11.6 Å². The lowest BCUT2D eigenvalue weighted by molar-refractivity contribution is -0.158. The smallest absolute Gasteiger partial charge is 0.312 e. The van der Waals surface area contributed by atoms with Crippen LogP contribution < -0.4 is 0 Å². The van der Waals surface area contributed by atoms with Crippen LogP contribution in [0.2, 0.25) is 5.02 Å². The van der Waals surface area contributed by atoms with E-state index in [4.69, 9.17) is 16.3 Å². The Balaban J connectivity index is 2.18. The van der Waals surface area contributed by atoms with Crippen molar-refractivity contribution in [2.75, 3.05) is 26.7 Å². The summed E-state index contributed by atoms with van der Waals surface area (Å²) in [4.78, 5) is 14.7. The number of hydrogen-bond acceptors (Lipinski definition) is 3. The van der Waals surface area contributed by atoms with E-state index in [0.717, 1.165) is 42.9 Å². The third kappa shape index (κ3) is 3.53. The molecular weight excluding hydrogens is 274 g/mol. The second-order valence-corrected chi connectivity index (χ2v) is 6.04. The Morgan fingerprint density at radius 3 is 2.45 bits per heavy atom. The van der Waals surface area contributed by atoms with Crippen LogP contribution in [0.1, 0.15) is 25.3 Å². The van der Waals surface area contributed by atoms with Crippen molar-refractivity contribution >= 4 is 17.6 Å². The van der Waals surface area contributed by atoms with E-state index < -0.39 is 0 Å². The Bertz CT molecular complexity index is 450. The van der Waals surface area contributed by atoms with E-state index in [1.54, 1.807) is 0 Å². The van der Waals surface area contributed by atoms with Gasteiger partial charge in [0.2, 0.25) is 0 Å². The minimum absolute atomic E-state index is 0.0527. The maximum atomic E-state index is 12.4. The number of carbonyl (C=O) groups is 1.